The number of rotatable bonds is 3. The van der Waals surface area contributed by atoms with Crippen molar-refractivity contribution in [2.24, 2.45) is 0 Å². The van der Waals surface area contributed by atoms with E-state index in [1.807, 2.05) is 0 Å². The molecule has 0 fully saturated rings. The fourth-order valence-corrected chi connectivity index (χ4v) is 0.898. The molecule has 0 amide bonds. The molecule has 1 rings (SSSR count). The van der Waals surface area contributed by atoms with E-state index < -0.39 is 0 Å². The minimum Gasteiger partial charge on any atom is -0.295 e. The van der Waals surface area contributed by atoms with Gasteiger partial charge in [0.1, 0.15) is 0 Å². The average Bonchev–Trinajstić information content (AvgIpc) is 2.09. The monoisotopic (exact) mass is 182 g/mol. The van der Waals surface area contributed by atoms with Crippen molar-refractivity contribution in [1.29, 1.82) is 0 Å². The first-order valence-electron chi connectivity index (χ1n) is 3.53. The van der Waals surface area contributed by atoms with Crippen LogP contribution in [0.4, 0.5) is 0 Å². The van der Waals surface area contributed by atoms with Gasteiger partial charge in [-0.15, -0.1) is 0 Å². The van der Waals surface area contributed by atoms with Gasteiger partial charge in [-0.2, -0.15) is 12.6 Å². The van der Waals surface area contributed by atoms with Crippen molar-refractivity contribution in [3.63, 3.8) is 0 Å². The molecule has 0 aliphatic heterocycles. The zero-order chi connectivity index (χ0) is 8.97. The van der Waals surface area contributed by atoms with Crippen molar-refractivity contribution in [2.45, 2.75) is 6.54 Å². The van der Waals surface area contributed by atoms with Crippen LogP contribution in [0.2, 0.25) is 0 Å². The van der Waals surface area contributed by atoms with Crippen molar-refractivity contribution >= 4 is 12.6 Å². The maximum atomic E-state index is 11.1. The van der Waals surface area contributed by atoms with Crippen LogP contribution in [-0.2, 0) is 6.54 Å². The summed E-state index contributed by atoms with van der Waals surface area (Å²) in [7, 11) is 0. The predicted octanol–water partition coefficient (Wildman–Crippen LogP) is 0.729. The molecule has 3 nitrogen and oxygen atoms in total. The molecule has 0 aromatic carbocycles. The Hall–Kier alpha value is -1.03. The zero-order valence-electron chi connectivity index (χ0n) is 6.60. The molecule has 0 aliphatic rings. The first-order chi connectivity index (χ1) is 5.74. The van der Waals surface area contributed by atoms with Gasteiger partial charge in [-0.1, -0.05) is 6.58 Å². The molecule has 4 heteroatoms. The summed E-state index contributed by atoms with van der Waals surface area (Å²) < 4.78 is 1.50. The van der Waals surface area contributed by atoms with E-state index in [2.05, 4.69) is 24.2 Å². The molecule has 0 bridgehead atoms. The fourth-order valence-electron chi connectivity index (χ4n) is 0.798. The van der Waals surface area contributed by atoms with Crippen molar-refractivity contribution in [1.82, 2.24) is 9.55 Å². The Morgan fingerprint density at radius 3 is 3.08 bits per heavy atom. The topological polar surface area (TPSA) is 34.9 Å². The molecular formula is C8H10N2OS. The summed E-state index contributed by atoms with van der Waals surface area (Å²) in [5.41, 5.74) is 0.647. The van der Waals surface area contributed by atoms with Gasteiger partial charge in [0.2, 0.25) is 0 Å². The maximum absolute atomic E-state index is 11.1. The van der Waals surface area contributed by atoms with E-state index in [4.69, 9.17) is 0 Å². The molecule has 0 N–H and O–H groups in total. The first kappa shape index (κ1) is 9.06. The summed E-state index contributed by atoms with van der Waals surface area (Å²) in [6.45, 7) is 4.24. The zero-order valence-corrected chi connectivity index (χ0v) is 7.50. The van der Waals surface area contributed by atoms with Gasteiger partial charge < -0.3 is 0 Å². The van der Waals surface area contributed by atoms with Crippen LogP contribution in [0.3, 0.4) is 0 Å². The smallest absolute Gasteiger partial charge is 0.295 e. The summed E-state index contributed by atoms with van der Waals surface area (Å²) in [4.78, 5) is 14.7. The molecule has 1 heterocycles. The molecule has 12 heavy (non-hydrogen) atoms. The third-order valence-electron chi connectivity index (χ3n) is 1.40. The molecule has 0 saturated heterocycles. The Labute approximate surface area is 76.2 Å². The second-order valence-corrected chi connectivity index (χ2v) is 2.75. The Morgan fingerprint density at radius 2 is 2.50 bits per heavy atom. The van der Waals surface area contributed by atoms with Crippen molar-refractivity contribution in [2.75, 3.05) is 5.75 Å². The summed E-state index contributed by atoms with van der Waals surface area (Å²) in [5.74, 6) is 0.585. The molecule has 0 unspecified atom stereocenters. The molecule has 0 radical (unpaired) electrons. The molecule has 0 saturated carbocycles. The standard InChI is InChI=1S/C8H10N2OS/c1-7(6-12)5-10-4-2-3-9-8(10)11/h2-4,12H,1,5-6H2. The Morgan fingerprint density at radius 1 is 1.75 bits per heavy atom. The summed E-state index contributed by atoms with van der Waals surface area (Å²) in [5, 5.41) is 0. The molecule has 1 aromatic heterocycles. The van der Waals surface area contributed by atoms with E-state index in [0.29, 0.717) is 12.3 Å². The highest BCUT2D eigenvalue weighted by atomic mass is 32.1. The van der Waals surface area contributed by atoms with Crippen molar-refractivity contribution in [3.05, 3.63) is 41.1 Å². The third kappa shape index (κ3) is 2.23. The van der Waals surface area contributed by atoms with Crippen molar-refractivity contribution < 1.29 is 0 Å². The van der Waals surface area contributed by atoms with E-state index >= 15 is 0 Å². The maximum Gasteiger partial charge on any atom is 0.347 e. The Bertz CT molecular complexity index is 332. The van der Waals surface area contributed by atoms with Crippen LogP contribution in [0.15, 0.2) is 35.4 Å². The summed E-state index contributed by atoms with van der Waals surface area (Å²) >= 11 is 4.04. The van der Waals surface area contributed by atoms with Crippen LogP contribution in [-0.4, -0.2) is 15.3 Å². The lowest BCUT2D eigenvalue weighted by Gasteiger charge is -2.03. The summed E-state index contributed by atoms with van der Waals surface area (Å²) in [6, 6.07) is 1.72. The van der Waals surface area contributed by atoms with Gasteiger partial charge in [0, 0.05) is 24.7 Å². The average molecular weight is 182 g/mol. The normalized spacial score (nSPS) is 9.75. The van der Waals surface area contributed by atoms with Crippen LogP contribution in [0, 0.1) is 0 Å². The Balaban J connectivity index is 2.83. The van der Waals surface area contributed by atoms with Crippen LogP contribution in [0.5, 0.6) is 0 Å². The highest BCUT2D eigenvalue weighted by Gasteiger charge is 1.95. The number of nitrogens with zero attached hydrogens (tertiary/aromatic N) is 2. The Kier molecular flexibility index (Phi) is 3.10. The number of aromatic nitrogens is 2. The quantitative estimate of drug-likeness (QED) is 0.552. The lowest BCUT2D eigenvalue weighted by molar-refractivity contribution is 0.720. The van der Waals surface area contributed by atoms with Crippen molar-refractivity contribution in [3.8, 4) is 0 Å². The molecule has 0 aliphatic carbocycles. The first-order valence-corrected chi connectivity index (χ1v) is 4.16. The minimum atomic E-state index is -0.250. The van der Waals surface area contributed by atoms with Crippen LogP contribution >= 0.6 is 12.6 Å². The minimum absolute atomic E-state index is 0.250. The third-order valence-corrected chi connectivity index (χ3v) is 1.85. The van der Waals surface area contributed by atoms with Crippen LogP contribution in [0.25, 0.3) is 0 Å². The summed E-state index contributed by atoms with van der Waals surface area (Å²) in [6.07, 6.45) is 3.16. The van der Waals surface area contributed by atoms with Crippen LogP contribution < -0.4 is 5.69 Å². The predicted molar refractivity (Wildman–Crippen MR) is 51.5 cm³/mol. The molecule has 0 spiro atoms. The van der Waals surface area contributed by atoms with Gasteiger partial charge in [-0.05, 0) is 11.6 Å². The fraction of sp³-hybridized carbons (Fsp3) is 0.250. The van der Waals surface area contributed by atoms with Crippen LogP contribution in [0.1, 0.15) is 0 Å². The van der Waals surface area contributed by atoms with E-state index in [1.165, 1.54) is 10.8 Å². The van der Waals surface area contributed by atoms with Gasteiger partial charge in [0.05, 0.1) is 0 Å². The number of hydrogen-bond donors (Lipinski definition) is 1. The molecular weight excluding hydrogens is 172 g/mol. The van der Waals surface area contributed by atoms with Gasteiger partial charge in [0.25, 0.3) is 0 Å². The van der Waals surface area contributed by atoms with E-state index in [1.54, 1.807) is 12.3 Å². The largest absolute Gasteiger partial charge is 0.347 e. The van der Waals surface area contributed by atoms with E-state index in [-0.39, 0.29) is 5.69 Å². The number of thiol groups is 1. The molecule has 1 aromatic rings. The lowest BCUT2D eigenvalue weighted by Crippen LogP contribution is -2.22. The van der Waals surface area contributed by atoms with Gasteiger partial charge in [0.15, 0.2) is 0 Å². The highest BCUT2D eigenvalue weighted by molar-refractivity contribution is 7.80. The van der Waals surface area contributed by atoms with E-state index in [9.17, 15) is 4.79 Å². The van der Waals surface area contributed by atoms with Gasteiger partial charge in [-0.3, -0.25) is 4.57 Å². The SMILES string of the molecule is C=C(CS)Cn1cccnc1=O. The highest BCUT2D eigenvalue weighted by Crippen LogP contribution is 1.95. The van der Waals surface area contributed by atoms with Gasteiger partial charge >= 0.3 is 5.69 Å². The second kappa shape index (κ2) is 4.11. The molecule has 64 valence electrons. The lowest BCUT2D eigenvalue weighted by atomic mass is 10.3. The molecule has 0 atom stereocenters. The van der Waals surface area contributed by atoms with E-state index in [0.717, 1.165) is 5.57 Å². The second-order valence-electron chi connectivity index (χ2n) is 2.44. The number of hydrogen-bond acceptors (Lipinski definition) is 3. The van der Waals surface area contributed by atoms with Gasteiger partial charge in [-0.25, -0.2) is 9.78 Å².